The van der Waals surface area contributed by atoms with Gasteiger partial charge in [0, 0.05) is 49.3 Å². The molecule has 3 rings (SSSR count). The number of halogens is 1. The summed E-state index contributed by atoms with van der Waals surface area (Å²) in [7, 11) is 4.76. The van der Waals surface area contributed by atoms with Gasteiger partial charge in [-0.1, -0.05) is 29.5 Å². The minimum absolute atomic E-state index is 0.0419. The second kappa shape index (κ2) is 11.2. The van der Waals surface area contributed by atoms with Gasteiger partial charge in [0.25, 0.3) is 0 Å². The second-order valence-electron chi connectivity index (χ2n) is 8.85. The Kier molecular flexibility index (Phi) is 8.51. The number of hydrogen-bond acceptors (Lipinski definition) is 8. The van der Waals surface area contributed by atoms with Crippen molar-refractivity contribution in [3.05, 3.63) is 58.7 Å². The van der Waals surface area contributed by atoms with Gasteiger partial charge in [-0.15, -0.1) is 0 Å². The van der Waals surface area contributed by atoms with Gasteiger partial charge in [-0.05, 0) is 43.3 Å². The molecule has 0 bridgehead atoms. The van der Waals surface area contributed by atoms with Crippen molar-refractivity contribution in [3.8, 4) is 11.8 Å². The number of aliphatic hydroxyl groups is 2. The fraction of sp³-hybridized carbons (Fsp3) is 0.346. The van der Waals surface area contributed by atoms with Crippen molar-refractivity contribution in [2.75, 3.05) is 39.4 Å². The predicted octanol–water partition coefficient (Wildman–Crippen LogP) is 2.91. The molecule has 10 heteroatoms. The molecule has 0 amide bonds. The van der Waals surface area contributed by atoms with Crippen molar-refractivity contribution in [2.24, 2.45) is 0 Å². The number of aromatic nitrogens is 2. The second-order valence-corrected chi connectivity index (χ2v) is 9.29. The zero-order valence-electron chi connectivity index (χ0n) is 20.7. The van der Waals surface area contributed by atoms with Crippen LogP contribution in [0.3, 0.4) is 0 Å². The van der Waals surface area contributed by atoms with E-state index in [0.29, 0.717) is 27.3 Å². The number of fused-ring (bicyclic) bond motifs is 1. The van der Waals surface area contributed by atoms with Gasteiger partial charge in [-0.25, -0.2) is 0 Å². The van der Waals surface area contributed by atoms with Crippen molar-refractivity contribution in [1.29, 1.82) is 10.8 Å². The molecule has 0 aliphatic rings. The van der Waals surface area contributed by atoms with Crippen LogP contribution in [0.4, 0.5) is 11.5 Å². The summed E-state index contributed by atoms with van der Waals surface area (Å²) in [6.45, 7) is 1.53. The largest absolute Gasteiger partial charge is 0.388 e. The number of rotatable bonds is 9. The summed E-state index contributed by atoms with van der Waals surface area (Å²) in [5.41, 5.74) is -1.02. The first-order valence-electron chi connectivity index (χ1n) is 11.1. The van der Waals surface area contributed by atoms with E-state index < -0.39 is 11.2 Å². The fourth-order valence-corrected chi connectivity index (χ4v) is 4.24. The Morgan fingerprint density at radius 2 is 1.89 bits per heavy atom. The number of ether oxygens (including phenoxy) is 2. The average Bonchev–Trinajstić information content (AvgIpc) is 2.81. The molecule has 0 aliphatic carbocycles. The standard InChI is InChI=1S/C26H30ClN5O4/c1-25(33,15-35-3)14-26(34,16-36-4)11-10-18-6-5-7-20(12-18)31(2)23-21-9-8-19(27)13-22(21)32(17-28)24(29)30-23/h5-9,12-13,17,28-29,33-34H,14-16H2,1-4H3. The Balaban J connectivity index is 2.00. The van der Waals surface area contributed by atoms with Gasteiger partial charge in [0.2, 0.25) is 5.62 Å². The van der Waals surface area contributed by atoms with E-state index in [1.54, 1.807) is 31.2 Å². The van der Waals surface area contributed by atoms with E-state index in [1.807, 2.05) is 30.1 Å². The minimum Gasteiger partial charge on any atom is -0.388 e. The van der Waals surface area contributed by atoms with Crippen LogP contribution in [0.5, 0.6) is 0 Å². The van der Waals surface area contributed by atoms with Gasteiger partial charge in [-0.2, -0.15) is 4.98 Å². The molecule has 36 heavy (non-hydrogen) atoms. The van der Waals surface area contributed by atoms with Crippen LogP contribution >= 0.6 is 11.6 Å². The molecule has 3 aromatic rings. The van der Waals surface area contributed by atoms with Crippen LogP contribution in [0.25, 0.3) is 10.9 Å². The maximum atomic E-state index is 11.0. The molecule has 9 nitrogen and oxygen atoms in total. The third-order valence-electron chi connectivity index (χ3n) is 5.53. The molecule has 190 valence electrons. The van der Waals surface area contributed by atoms with Gasteiger partial charge in [0.05, 0.1) is 30.7 Å². The lowest BCUT2D eigenvalue weighted by atomic mass is 9.89. The molecular weight excluding hydrogens is 482 g/mol. The Labute approximate surface area is 214 Å². The van der Waals surface area contributed by atoms with Crippen LogP contribution in [0.1, 0.15) is 18.9 Å². The molecule has 0 fully saturated rings. The molecule has 0 saturated heterocycles. The molecule has 1 heterocycles. The summed E-state index contributed by atoms with van der Waals surface area (Å²) in [5, 5.41) is 38.7. The first-order chi connectivity index (χ1) is 17.0. The summed E-state index contributed by atoms with van der Waals surface area (Å²) in [6, 6.07) is 12.6. The van der Waals surface area contributed by atoms with Crippen molar-refractivity contribution in [1.82, 2.24) is 9.55 Å². The molecule has 4 N–H and O–H groups in total. The topological polar surface area (TPSA) is 128 Å². The van der Waals surface area contributed by atoms with Crippen LogP contribution in [0.15, 0.2) is 42.5 Å². The van der Waals surface area contributed by atoms with Gasteiger partial charge in [0.15, 0.2) is 5.60 Å². The Hall–Kier alpha value is -3.26. The van der Waals surface area contributed by atoms with Crippen molar-refractivity contribution in [2.45, 2.75) is 24.5 Å². The molecule has 2 atom stereocenters. The smallest absolute Gasteiger partial charge is 0.229 e. The van der Waals surface area contributed by atoms with Gasteiger partial charge >= 0.3 is 0 Å². The first-order valence-corrected chi connectivity index (χ1v) is 11.5. The highest BCUT2D eigenvalue weighted by atomic mass is 35.5. The first kappa shape index (κ1) is 27.3. The Morgan fingerprint density at radius 3 is 2.56 bits per heavy atom. The molecular formula is C26H30ClN5O4. The van der Waals surface area contributed by atoms with E-state index >= 15 is 0 Å². The van der Waals surface area contributed by atoms with Gasteiger partial charge in [0.1, 0.15) is 5.82 Å². The summed E-state index contributed by atoms with van der Waals surface area (Å²) < 4.78 is 11.5. The molecule has 0 spiro atoms. The van der Waals surface area contributed by atoms with Crippen LogP contribution in [-0.4, -0.2) is 71.8 Å². The van der Waals surface area contributed by atoms with Crippen molar-refractivity contribution >= 4 is 40.3 Å². The van der Waals surface area contributed by atoms with E-state index in [4.69, 9.17) is 31.9 Å². The molecule has 0 saturated carbocycles. The monoisotopic (exact) mass is 511 g/mol. The number of nitrogens with zero attached hydrogens (tertiary/aromatic N) is 3. The van der Waals surface area contributed by atoms with Crippen molar-refractivity contribution < 1.29 is 19.7 Å². The summed E-state index contributed by atoms with van der Waals surface area (Å²) >= 11 is 6.17. The van der Waals surface area contributed by atoms with Gasteiger partial charge < -0.3 is 24.6 Å². The van der Waals surface area contributed by atoms with E-state index in [1.165, 1.54) is 18.8 Å². The number of anilines is 2. The van der Waals surface area contributed by atoms with Crippen LogP contribution < -0.4 is 10.5 Å². The average molecular weight is 512 g/mol. The highest BCUT2D eigenvalue weighted by Crippen LogP contribution is 2.30. The summed E-state index contributed by atoms with van der Waals surface area (Å²) in [4.78, 5) is 6.22. The van der Waals surface area contributed by atoms with E-state index in [2.05, 4.69) is 16.8 Å². The van der Waals surface area contributed by atoms with E-state index in [-0.39, 0.29) is 25.3 Å². The predicted molar refractivity (Wildman–Crippen MR) is 140 cm³/mol. The molecule has 1 aromatic heterocycles. The van der Waals surface area contributed by atoms with E-state index in [9.17, 15) is 10.2 Å². The zero-order chi connectivity index (χ0) is 26.5. The number of hydrogen-bond donors (Lipinski definition) is 4. The van der Waals surface area contributed by atoms with Crippen molar-refractivity contribution in [3.63, 3.8) is 0 Å². The summed E-state index contributed by atoms with van der Waals surface area (Å²) in [6.07, 6.45) is 0.967. The number of methoxy groups -OCH3 is 2. The van der Waals surface area contributed by atoms with Crippen LogP contribution in [0, 0.1) is 22.7 Å². The number of benzene rings is 2. The molecule has 2 aromatic carbocycles. The van der Waals surface area contributed by atoms with Gasteiger partial charge in [-0.3, -0.25) is 15.4 Å². The lowest BCUT2D eigenvalue weighted by Crippen LogP contribution is -2.44. The maximum absolute atomic E-state index is 11.0. The quantitative estimate of drug-likeness (QED) is 0.199. The molecule has 0 aliphatic heterocycles. The minimum atomic E-state index is -1.59. The lowest BCUT2D eigenvalue weighted by molar-refractivity contribution is -0.0846. The fourth-order valence-electron chi connectivity index (χ4n) is 4.07. The molecule has 0 radical (unpaired) electrons. The Morgan fingerprint density at radius 1 is 1.17 bits per heavy atom. The SMILES string of the molecule is COCC(C)(O)CC(O)(C#Cc1cccc(N(C)c2nc(=N)n(C=N)c3cc(Cl)ccc23)c1)COC. The zero-order valence-corrected chi connectivity index (χ0v) is 21.4. The maximum Gasteiger partial charge on any atom is 0.229 e. The third-order valence-corrected chi connectivity index (χ3v) is 5.77. The Bertz CT molecular complexity index is 1380. The lowest BCUT2D eigenvalue weighted by Gasteiger charge is -2.30. The normalized spacial score (nSPS) is 14.4. The van der Waals surface area contributed by atoms with Crippen LogP contribution in [0.2, 0.25) is 5.02 Å². The van der Waals surface area contributed by atoms with Crippen LogP contribution in [-0.2, 0) is 9.47 Å². The summed E-state index contributed by atoms with van der Waals surface area (Å²) in [5.74, 6) is 6.36. The number of nitrogens with one attached hydrogen (secondary N) is 2. The van der Waals surface area contributed by atoms with E-state index in [0.717, 1.165) is 12.0 Å². The highest BCUT2D eigenvalue weighted by Gasteiger charge is 2.35. The highest BCUT2D eigenvalue weighted by molar-refractivity contribution is 6.31. The molecule has 2 unspecified atom stereocenters. The third kappa shape index (κ3) is 6.29.